The lowest BCUT2D eigenvalue weighted by Gasteiger charge is -2.38. The van der Waals surface area contributed by atoms with Crippen LogP contribution in [-0.2, 0) is 15.0 Å². The molecule has 0 saturated heterocycles. The number of anilines is 4. The molecular weight excluding hydrogens is 638 g/mol. The van der Waals surface area contributed by atoms with Crippen LogP contribution in [0.4, 0.5) is 49.1 Å². The number of nitrogens with one attached hydrogen (secondary N) is 2. The molecule has 8 N–H and O–H groups in total. The molecule has 248 valence electrons. The van der Waals surface area contributed by atoms with E-state index in [1.807, 2.05) is 10.6 Å². The van der Waals surface area contributed by atoms with Crippen LogP contribution >= 0.6 is 0 Å². The van der Waals surface area contributed by atoms with Gasteiger partial charge in [-0.25, -0.2) is 0 Å². The van der Waals surface area contributed by atoms with Gasteiger partial charge in [-0.05, 0) is 83.9 Å². The maximum atomic E-state index is 14.8. The van der Waals surface area contributed by atoms with Crippen molar-refractivity contribution in [3.05, 3.63) is 96.1 Å². The van der Waals surface area contributed by atoms with Crippen molar-refractivity contribution in [2.24, 2.45) is 0 Å². The van der Waals surface area contributed by atoms with Crippen molar-refractivity contribution in [1.82, 2.24) is 0 Å². The monoisotopic (exact) mass is 664 g/mol. The summed E-state index contributed by atoms with van der Waals surface area (Å²) in [4.78, 5) is 24.9. The Labute approximate surface area is 262 Å². The summed E-state index contributed by atoms with van der Waals surface area (Å²) in [5.74, 6) is -3.34. The number of nitrogens with two attached hydrogens (primary N) is 2. The number of nitrogen functional groups attached to an aromatic ring is 2. The largest absolute Gasteiger partial charge is 0.506 e. The van der Waals surface area contributed by atoms with Crippen molar-refractivity contribution >= 4 is 34.6 Å². The fraction of sp³-hybridized carbons (Fsp3) is 0.161. The van der Waals surface area contributed by atoms with Gasteiger partial charge in [0.25, 0.3) is 11.8 Å². The molecule has 0 aliphatic heterocycles. The number of ether oxygens (including phenoxy) is 2. The van der Waals surface area contributed by atoms with Crippen LogP contribution in [0.25, 0.3) is 0 Å². The predicted octanol–water partition coefficient (Wildman–Crippen LogP) is 5.71. The number of phenolic OH excluding ortho intramolecular Hbond substituents is 2. The number of hydrogen-bond acceptors (Lipinski definition) is 8. The fourth-order valence-corrected chi connectivity index (χ4v) is 4.52. The molecule has 4 aromatic carbocycles. The summed E-state index contributed by atoms with van der Waals surface area (Å²) >= 11 is 0. The second kappa shape index (κ2) is 13.3. The Hall–Kier alpha value is -5.80. The minimum absolute atomic E-state index is 0.188. The first-order valence-electron chi connectivity index (χ1n) is 13.4. The molecule has 0 aromatic heterocycles. The molecule has 0 bridgehead atoms. The second-order valence-corrected chi connectivity index (χ2v) is 10.0. The lowest BCUT2D eigenvalue weighted by atomic mass is 9.72. The SMILES string of the molecule is Nc1ccc(OCC(=O)Nc2cc(C(c3ccc(O)c(NC(=O)COc4ccc(N)cc4)c3)(C(F)(F)F)C(F)(F)F)ccc2O)cc1. The van der Waals surface area contributed by atoms with Crippen molar-refractivity contribution in [2.75, 3.05) is 35.3 Å². The molecule has 0 atom stereocenters. The van der Waals surface area contributed by atoms with E-state index in [-0.39, 0.29) is 11.5 Å². The average Bonchev–Trinajstić information content (AvgIpc) is 2.98. The Morgan fingerprint density at radius 3 is 1.26 bits per heavy atom. The van der Waals surface area contributed by atoms with Gasteiger partial charge in [0.05, 0.1) is 11.4 Å². The minimum atomic E-state index is -6.09. The van der Waals surface area contributed by atoms with E-state index in [0.29, 0.717) is 47.8 Å². The van der Waals surface area contributed by atoms with Gasteiger partial charge in [0.2, 0.25) is 5.41 Å². The lowest BCUT2D eigenvalue weighted by molar-refractivity contribution is -0.288. The van der Waals surface area contributed by atoms with Gasteiger partial charge in [-0.3, -0.25) is 9.59 Å². The topological polar surface area (TPSA) is 169 Å². The second-order valence-electron chi connectivity index (χ2n) is 10.0. The van der Waals surface area contributed by atoms with Crippen molar-refractivity contribution < 1.29 is 55.6 Å². The first kappa shape index (κ1) is 34.1. The van der Waals surface area contributed by atoms with Crippen LogP contribution < -0.4 is 31.6 Å². The summed E-state index contributed by atoms with van der Waals surface area (Å²) in [6.07, 6.45) is -12.2. The van der Waals surface area contributed by atoms with Gasteiger partial charge >= 0.3 is 12.4 Å². The standard InChI is InChI=1S/C31H26F6N4O6/c32-30(33,34)29(31(35,36)37,17-1-11-25(42)23(13-17)40-27(44)15-46-21-7-3-19(38)4-8-21)18-2-12-26(43)24(14-18)41-28(45)16-47-22-9-5-20(39)6-10-22/h1-14,42-43H,15-16,38-39H2,(H,40,44)(H,41,45). The molecule has 0 aliphatic carbocycles. The van der Waals surface area contributed by atoms with Crippen LogP contribution in [0.1, 0.15) is 11.1 Å². The molecule has 0 spiro atoms. The van der Waals surface area contributed by atoms with Crippen LogP contribution in [0, 0.1) is 0 Å². The molecule has 47 heavy (non-hydrogen) atoms. The normalized spacial score (nSPS) is 11.9. The van der Waals surface area contributed by atoms with Crippen molar-refractivity contribution in [3.63, 3.8) is 0 Å². The van der Waals surface area contributed by atoms with Gasteiger partial charge in [-0.15, -0.1) is 0 Å². The minimum Gasteiger partial charge on any atom is -0.506 e. The lowest BCUT2D eigenvalue weighted by Crippen LogP contribution is -2.54. The van der Waals surface area contributed by atoms with Crippen molar-refractivity contribution in [2.45, 2.75) is 17.8 Å². The summed E-state index contributed by atoms with van der Waals surface area (Å²) in [6, 6.07) is 14.1. The average molecular weight is 665 g/mol. The maximum Gasteiger partial charge on any atom is 0.411 e. The van der Waals surface area contributed by atoms with Crippen LogP contribution in [0.3, 0.4) is 0 Å². The molecule has 4 rings (SSSR count). The highest BCUT2D eigenvalue weighted by molar-refractivity contribution is 5.94. The van der Waals surface area contributed by atoms with Crippen LogP contribution in [-0.4, -0.2) is 47.6 Å². The summed E-state index contributed by atoms with van der Waals surface area (Å²) in [6.45, 7) is -1.44. The highest BCUT2D eigenvalue weighted by Gasteiger charge is 2.72. The van der Waals surface area contributed by atoms with E-state index in [2.05, 4.69) is 0 Å². The van der Waals surface area contributed by atoms with Crippen molar-refractivity contribution in [1.29, 1.82) is 0 Å². The molecule has 2 amide bonds. The van der Waals surface area contributed by atoms with Gasteiger partial charge in [-0.1, -0.05) is 12.1 Å². The van der Waals surface area contributed by atoms with Crippen LogP contribution in [0.15, 0.2) is 84.9 Å². The number of aromatic hydroxyl groups is 2. The third-order valence-electron chi connectivity index (χ3n) is 6.76. The van der Waals surface area contributed by atoms with E-state index in [4.69, 9.17) is 20.9 Å². The van der Waals surface area contributed by atoms with E-state index in [1.165, 1.54) is 48.5 Å². The number of carbonyl (C=O) groups excluding carboxylic acids is 2. The van der Waals surface area contributed by atoms with Gasteiger partial charge < -0.3 is 41.8 Å². The highest BCUT2D eigenvalue weighted by Crippen LogP contribution is 2.57. The Balaban J connectivity index is 1.67. The predicted molar refractivity (Wildman–Crippen MR) is 159 cm³/mol. The summed E-state index contributed by atoms with van der Waals surface area (Å²) < 4.78 is 99.4. The third-order valence-corrected chi connectivity index (χ3v) is 6.76. The summed E-state index contributed by atoms with van der Waals surface area (Å²) in [5, 5.41) is 24.6. The summed E-state index contributed by atoms with van der Waals surface area (Å²) in [5.41, 5.74) is 2.70. The smallest absolute Gasteiger partial charge is 0.411 e. The Bertz CT molecular complexity index is 1620. The molecule has 0 saturated carbocycles. The molecule has 0 radical (unpaired) electrons. The molecule has 4 aromatic rings. The fourth-order valence-electron chi connectivity index (χ4n) is 4.52. The molecule has 0 unspecified atom stereocenters. The molecular formula is C31H26F6N4O6. The molecule has 0 aliphatic rings. The number of halogens is 6. The van der Waals surface area contributed by atoms with Gasteiger partial charge in [-0.2, -0.15) is 26.3 Å². The van der Waals surface area contributed by atoms with E-state index >= 15 is 0 Å². The Kier molecular flexibility index (Phi) is 9.63. The highest BCUT2D eigenvalue weighted by atomic mass is 19.4. The number of carbonyl (C=O) groups is 2. The Morgan fingerprint density at radius 1 is 0.596 bits per heavy atom. The zero-order chi connectivity index (χ0) is 34.6. The molecule has 0 fully saturated rings. The van der Waals surface area contributed by atoms with E-state index in [1.54, 1.807) is 0 Å². The molecule has 0 heterocycles. The molecule has 10 nitrogen and oxygen atoms in total. The number of rotatable bonds is 10. The van der Waals surface area contributed by atoms with Gasteiger partial charge in [0.15, 0.2) is 13.2 Å². The quantitative estimate of drug-likeness (QED) is 0.0712. The van der Waals surface area contributed by atoms with Crippen molar-refractivity contribution in [3.8, 4) is 23.0 Å². The van der Waals surface area contributed by atoms with Crippen LogP contribution in [0.5, 0.6) is 23.0 Å². The zero-order valence-electron chi connectivity index (χ0n) is 23.9. The van der Waals surface area contributed by atoms with E-state index < -0.39 is 76.8 Å². The first-order valence-corrected chi connectivity index (χ1v) is 13.4. The van der Waals surface area contributed by atoms with Crippen LogP contribution in [0.2, 0.25) is 0 Å². The Morgan fingerprint density at radius 2 is 0.936 bits per heavy atom. The van der Waals surface area contributed by atoms with E-state index in [9.17, 15) is 46.1 Å². The van der Waals surface area contributed by atoms with Gasteiger partial charge in [0, 0.05) is 11.4 Å². The number of hydrogen-bond donors (Lipinski definition) is 6. The molecule has 16 heteroatoms. The number of phenols is 2. The number of benzene rings is 4. The van der Waals surface area contributed by atoms with Gasteiger partial charge in [0.1, 0.15) is 23.0 Å². The number of alkyl halides is 6. The zero-order valence-corrected chi connectivity index (χ0v) is 23.9. The maximum absolute atomic E-state index is 14.8. The first-order chi connectivity index (χ1) is 22.0. The van der Waals surface area contributed by atoms with E-state index in [0.717, 1.165) is 0 Å². The third kappa shape index (κ3) is 7.54. The number of amides is 2. The summed E-state index contributed by atoms with van der Waals surface area (Å²) in [7, 11) is 0.